The van der Waals surface area contributed by atoms with Crippen LogP contribution in [0.15, 0.2) is 24.3 Å². The normalized spacial score (nSPS) is 19.7. The molecular formula is C15H25N3O2. The lowest BCUT2D eigenvalue weighted by Crippen LogP contribution is -2.53. The van der Waals surface area contributed by atoms with Crippen LogP contribution in [0.2, 0.25) is 0 Å². The standard InChI is InChI=1S/C15H25N3O2/c1-15(19,11-16)12-17-7-9-18(10-8-17)13-5-3-4-6-14(13)20-2/h3-6,19H,7-12,16H2,1-2H3. The van der Waals surface area contributed by atoms with Crippen molar-refractivity contribution in [3.8, 4) is 5.75 Å². The highest BCUT2D eigenvalue weighted by Crippen LogP contribution is 2.28. The fourth-order valence-corrected chi connectivity index (χ4v) is 2.58. The molecule has 1 atom stereocenters. The molecule has 2 rings (SSSR count). The number of methoxy groups -OCH3 is 1. The summed E-state index contributed by atoms with van der Waals surface area (Å²) in [6.07, 6.45) is 0. The molecule has 0 saturated carbocycles. The largest absolute Gasteiger partial charge is 0.495 e. The van der Waals surface area contributed by atoms with Crippen LogP contribution in [0.3, 0.4) is 0 Å². The van der Waals surface area contributed by atoms with Gasteiger partial charge in [-0.25, -0.2) is 0 Å². The summed E-state index contributed by atoms with van der Waals surface area (Å²) in [6, 6.07) is 8.09. The zero-order chi connectivity index (χ0) is 14.6. The van der Waals surface area contributed by atoms with E-state index in [1.54, 1.807) is 14.0 Å². The number of benzene rings is 1. The molecule has 0 radical (unpaired) electrons. The van der Waals surface area contributed by atoms with Gasteiger partial charge in [0.2, 0.25) is 0 Å². The number of rotatable bonds is 5. The van der Waals surface area contributed by atoms with Gasteiger partial charge in [0.1, 0.15) is 5.75 Å². The Bertz CT molecular complexity index is 429. The first-order chi connectivity index (χ1) is 9.55. The zero-order valence-corrected chi connectivity index (χ0v) is 12.4. The Morgan fingerprint density at radius 2 is 1.90 bits per heavy atom. The fourth-order valence-electron chi connectivity index (χ4n) is 2.58. The third-order valence-corrected chi connectivity index (χ3v) is 3.80. The molecule has 1 aromatic carbocycles. The molecule has 112 valence electrons. The molecule has 1 aromatic rings. The Morgan fingerprint density at radius 1 is 1.25 bits per heavy atom. The SMILES string of the molecule is COc1ccccc1N1CCN(CC(C)(O)CN)CC1. The maximum Gasteiger partial charge on any atom is 0.142 e. The summed E-state index contributed by atoms with van der Waals surface area (Å²) in [7, 11) is 1.70. The first kappa shape index (κ1) is 15.1. The van der Waals surface area contributed by atoms with Gasteiger partial charge >= 0.3 is 0 Å². The number of aliphatic hydroxyl groups is 1. The van der Waals surface area contributed by atoms with Crippen LogP contribution in [0.25, 0.3) is 0 Å². The molecule has 0 bridgehead atoms. The Morgan fingerprint density at radius 3 is 2.50 bits per heavy atom. The molecule has 5 nitrogen and oxygen atoms in total. The van der Waals surface area contributed by atoms with Crippen molar-refractivity contribution in [1.29, 1.82) is 0 Å². The van der Waals surface area contributed by atoms with Gasteiger partial charge in [0, 0.05) is 39.3 Å². The smallest absolute Gasteiger partial charge is 0.142 e. The van der Waals surface area contributed by atoms with E-state index >= 15 is 0 Å². The second kappa shape index (κ2) is 6.43. The van der Waals surface area contributed by atoms with E-state index in [4.69, 9.17) is 10.5 Å². The van der Waals surface area contributed by atoms with Gasteiger partial charge < -0.3 is 20.5 Å². The minimum absolute atomic E-state index is 0.291. The van der Waals surface area contributed by atoms with Crippen LogP contribution in [0.5, 0.6) is 5.75 Å². The van der Waals surface area contributed by atoms with Crippen molar-refractivity contribution < 1.29 is 9.84 Å². The minimum Gasteiger partial charge on any atom is -0.495 e. The molecule has 20 heavy (non-hydrogen) atoms. The molecule has 1 aliphatic heterocycles. The number of ether oxygens (including phenoxy) is 1. The molecule has 0 aliphatic carbocycles. The zero-order valence-electron chi connectivity index (χ0n) is 12.4. The van der Waals surface area contributed by atoms with Crippen molar-refractivity contribution in [2.75, 3.05) is 51.3 Å². The molecule has 1 aliphatic rings. The van der Waals surface area contributed by atoms with Crippen LogP contribution in [0.1, 0.15) is 6.92 Å². The molecule has 1 saturated heterocycles. The number of piperazine rings is 1. The first-order valence-corrected chi connectivity index (χ1v) is 7.08. The lowest BCUT2D eigenvalue weighted by molar-refractivity contribution is 0.0257. The monoisotopic (exact) mass is 279 g/mol. The Kier molecular flexibility index (Phi) is 4.86. The van der Waals surface area contributed by atoms with Crippen molar-refractivity contribution in [3.63, 3.8) is 0 Å². The second-order valence-electron chi connectivity index (χ2n) is 5.64. The highest BCUT2D eigenvalue weighted by molar-refractivity contribution is 5.58. The summed E-state index contributed by atoms with van der Waals surface area (Å²) in [5, 5.41) is 10.0. The van der Waals surface area contributed by atoms with Gasteiger partial charge in [-0.05, 0) is 19.1 Å². The van der Waals surface area contributed by atoms with Gasteiger partial charge in [-0.1, -0.05) is 12.1 Å². The van der Waals surface area contributed by atoms with Crippen molar-refractivity contribution in [2.24, 2.45) is 5.73 Å². The molecule has 3 N–H and O–H groups in total. The van der Waals surface area contributed by atoms with Crippen LogP contribution in [0, 0.1) is 0 Å². The topological polar surface area (TPSA) is 62.0 Å². The summed E-state index contributed by atoms with van der Waals surface area (Å²) in [4.78, 5) is 4.59. The lowest BCUT2D eigenvalue weighted by atomic mass is 10.1. The average molecular weight is 279 g/mol. The van der Waals surface area contributed by atoms with Gasteiger partial charge in [-0.3, -0.25) is 4.90 Å². The van der Waals surface area contributed by atoms with Crippen molar-refractivity contribution in [2.45, 2.75) is 12.5 Å². The van der Waals surface area contributed by atoms with E-state index in [9.17, 15) is 5.11 Å². The van der Waals surface area contributed by atoms with Gasteiger partial charge in [0.25, 0.3) is 0 Å². The summed E-state index contributed by atoms with van der Waals surface area (Å²) in [5.41, 5.74) is 5.92. The molecule has 1 fully saturated rings. The molecule has 1 unspecified atom stereocenters. The summed E-state index contributed by atoms with van der Waals surface area (Å²) < 4.78 is 5.41. The summed E-state index contributed by atoms with van der Waals surface area (Å²) >= 11 is 0. The molecule has 1 heterocycles. The fraction of sp³-hybridized carbons (Fsp3) is 0.600. The highest BCUT2D eigenvalue weighted by atomic mass is 16.5. The number of hydrogen-bond acceptors (Lipinski definition) is 5. The quantitative estimate of drug-likeness (QED) is 0.823. The third-order valence-electron chi connectivity index (χ3n) is 3.80. The number of nitrogens with two attached hydrogens (primary N) is 1. The van der Waals surface area contributed by atoms with Crippen LogP contribution in [-0.2, 0) is 0 Å². The number of anilines is 1. The average Bonchev–Trinajstić information content (AvgIpc) is 2.48. The van der Waals surface area contributed by atoms with Gasteiger partial charge in [-0.2, -0.15) is 0 Å². The Labute approximate surface area is 120 Å². The molecule has 0 aromatic heterocycles. The van der Waals surface area contributed by atoms with Crippen molar-refractivity contribution in [3.05, 3.63) is 24.3 Å². The molecule has 0 spiro atoms. The molecule has 0 amide bonds. The Hall–Kier alpha value is -1.30. The van der Waals surface area contributed by atoms with E-state index in [-0.39, 0.29) is 0 Å². The van der Waals surface area contributed by atoms with Crippen molar-refractivity contribution in [1.82, 2.24) is 4.90 Å². The van der Waals surface area contributed by atoms with E-state index in [1.165, 1.54) is 0 Å². The maximum atomic E-state index is 10.0. The lowest BCUT2D eigenvalue weighted by Gasteiger charge is -2.39. The van der Waals surface area contributed by atoms with Crippen LogP contribution >= 0.6 is 0 Å². The van der Waals surface area contributed by atoms with E-state index in [2.05, 4.69) is 15.9 Å². The second-order valence-corrected chi connectivity index (χ2v) is 5.64. The summed E-state index contributed by atoms with van der Waals surface area (Å²) in [6.45, 7) is 6.42. The van der Waals surface area contributed by atoms with E-state index in [1.807, 2.05) is 18.2 Å². The number of nitrogens with zero attached hydrogens (tertiary/aromatic N) is 2. The van der Waals surface area contributed by atoms with E-state index in [0.717, 1.165) is 37.6 Å². The van der Waals surface area contributed by atoms with Gasteiger partial charge in [0.15, 0.2) is 0 Å². The predicted octanol–water partition coefficient (Wildman–Crippen LogP) is 0.527. The molecular weight excluding hydrogens is 254 g/mol. The Balaban J connectivity index is 1.94. The van der Waals surface area contributed by atoms with Gasteiger partial charge in [0.05, 0.1) is 18.4 Å². The van der Waals surface area contributed by atoms with Crippen LogP contribution < -0.4 is 15.4 Å². The van der Waals surface area contributed by atoms with Gasteiger partial charge in [-0.15, -0.1) is 0 Å². The number of para-hydroxylation sites is 2. The summed E-state index contributed by atoms with van der Waals surface area (Å²) in [5.74, 6) is 0.912. The predicted molar refractivity (Wildman–Crippen MR) is 81.3 cm³/mol. The van der Waals surface area contributed by atoms with Crippen LogP contribution in [-0.4, -0.2) is 62.0 Å². The van der Waals surface area contributed by atoms with E-state index in [0.29, 0.717) is 13.1 Å². The van der Waals surface area contributed by atoms with Crippen molar-refractivity contribution >= 4 is 5.69 Å². The van der Waals surface area contributed by atoms with E-state index < -0.39 is 5.60 Å². The van der Waals surface area contributed by atoms with Crippen LogP contribution in [0.4, 0.5) is 5.69 Å². The maximum absolute atomic E-state index is 10.0. The third kappa shape index (κ3) is 3.62. The highest BCUT2D eigenvalue weighted by Gasteiger charge is 2.26. The molecule has 5 heteroatoms. The minimum atomic E-state index is -0.799. The first-order valence-electron chi connectivity index (χ1n) is 7.08. The number of β-amino-alcohol motifs (C(OH)–C–C–N with tert-alkyl or cyclic N) is 1. The number of hydrogen-bond donors (Lipinski definition) is 2.